The third-order valence-corrected chi connectivity index (χ3v) is 7.39. The Kier molecular flexibility index (Phi) is 5.78. The minimum Gasteiger partial charge on any atom is -0.454 e. The van der Waals surface area contributed by atoms with Gasteiger partial charge in [-0.15, -0.1) is 11.3 Å². The van der Waals surface area contributed by atoms with E-state index in [1.165, 1.54) is 17.5 Å². The number of carbonyl (C=O) groups excluding carboxylic acids is 2. The lowest BCUT2D eigenvalue weighted by Gasteiger charge is -2.33. The lowest BCUT2D eigenvalue weighted by molar-refractivity contribution is -0.153. The van der Waals surface area contributed by atoms with Crippen molar-refractivity contribution in [3.63, 3.8) is 0 Å². The van der Waals surface area contributed by atoms with E-state index in [-0.39, 0.29) is 24.5 Å². The van der Waals surface area contributed by atoms with Gasteiger partial charge in [-0.2, -0.15) is 0 Å². The second kappa shape index (κ2) is 8.86. The molecule has 8 heteroatoms. The number of carbonyl (C=O) groups is 2. The maximum absolute atomic E-state index is 12.9. The Morgan fingerprint density at radius 1 is 1.19 bits per heavy atom. The van der Waals surface area contributed by atoms with Crippen LogP contribution in [0.3, 0.4) is 0 Å². The number of ether oxygens (including phenoxy) is 1. The van der Waals surface area contributed by atoms with E-state index in [1.807, 2.05) is 28.5 Å². The number of nitrogens with zero attached hydrogens (tertiary/aromatic N) is 4. The fourth-order valence-electron chi connectivity index (χ4n) is 4.91. The molecule has 1 aliphatic carbocycles. The predicted octanol–water partition coefficient (Wildman–Crippen LogP) is 3.74. The lowest BCUT2D eigenvalue weighted by Crippen LogP contribution is -2.41. The Hall–Kier alpha value is -3.00. The molecular formula is C24H26N4O3S. The monoisotopic (exact) mass is 450 g/mol. The normalized spacial score (nSPS) is 20.2. The van der Waals surface area contributed by atoms with Gasteiger partial charge >= 0.3 is 5.97 Å². The number of anilines is 1. The van der Waals surface area contributed by atoms with E-state index in [9.17, 15) is 9.59 Å². The van der Waals surface area contributed by atoms with Crippen LogP contribution in [0, 0.1) is 0 Å². The van der Waals surface area contributed by atoms with Gasteiger partial charge in [0.1, 0.15) is 23.0 Å². The summed E-state index contributed by atoms with van der Waals surface area (Å²) in [6.07, 6.45) is 6.12. The summed E-state index contributed by atoms with van der Waals surface area (Å²) in [5.41, 5.74) is 2.50. The molecule has 2 atom stereocenters. The number of fused-ring (bicyclic) bond motifs is 2. The van der Waals surface area contributed by atoms with Crippen LogP contribution in [0.5, 0.6) is 0 Å². The van der Waals surface area contributed by atoms with Crippen molar-refractivity contribution < 1.29 is 14.3 Å². The molecule has 0 N–H and O–H groups in total. The van der Waals surface area contributed by atoms with Gasteiger partial charge in [0.15, 0.2) is 6.61 Å². The van der Waals surface area contributed by atoms with E-state index in [0.29, 0.717) is 6.42 Å². The Balaban J connectivity index is 1.24. The number of aromatic nitrogens is 2. The van der Waals surface area contributed by atoms with Crippen LogP contribution in [0.15, 0.2) is 42.0 Å². The van der Waals surface area contributed by atoms with Gasteiger partial charge in [0, 0.05) is 13.6 Å². The first-order valence-electron chi connectivity index (χ1n) is 11.1. The van der Waals surface area contributed by atoms with Gasteiger partial charge in [-0.25, -0.2) is 14.8 Å². The molecule has 1 aliphatic heterocycles. The quantitative estimate of drug-likeness (QED) is 0.551. The molecule has 2 aliphatic rings. The molecule has 0 radical (unpaired) electrons. The van der Waals surface area contributed by atoms with Crippen LogP contribution in [0.2, 0.25) is 0 Å². The van der Waals surface area contributed by atoms with Gasteiger partial charge in [0.25, 0.3) is 5.91 Å². The van der Waals surface area contributed by atoms with Crippen molar-refractivity contribution in [1.29, 1.82) is 0 Å². The van der Waals surface area contributed by atoms with Gasteiger partial charge in [0.2, 0.25) is 0 Å². The molecule has 3 aromatic rings. The molecular weight excluding hydrogens is 424 g/mol. The number of amides is 1. The zero-order valence-electron chi connectivity index (χ0n) is 18.1. The average Bonchev–Trinajstić information content (AvgIpc) is 3.51. The van der Waals surface area contributed by atoms with Crippen molar-refractivity contribution in [3.8, 4) is 0 Å². The lowest BCUT2D eigenvalue weighted by atomic mass is 9.87. The highest BCUT2D eigenvalue weighted by atomic mass is 32.1. The number of benzene rings is 1. The van der Waals surface area contributed by atoms with Gasteiger partial charge in [-0.3, -0.25) is 4.79 Å². The van der Waals surface area contributed by atoms with Crippen LogP contribution in [0.1, 0.15) is 42.9 Å². The van der Waals surface area contributed by atoms with Gasteiger partial charge < -0.3 is 14.5 Å². The van der Waals surface area contributed by atoms with Crippen LogP contribution >= 0.6 is 11.3 Å². The standard InChI is InChI=1S/C24H26N4O3S/c1-27(19-9-4-7-16-6-2-3-8-17(16)19)21(29)14-31-24(30)20-10-5-12-28(20)22-18-11-13-32-23(18)26-15-25-22/h2-3,6,8,11,13,15,19-20H,4-5,7,9-10,12,14H2,1H3. The van der Waals surface area contributed by atoms with E-state index in [4.69, 9.17) is 4.74 Å². The molecule has 0 bridgehead atoms. The minimum absolute atomic E-state index is 0.0297. The summed E-state index contributed by atoms with van der Waals surface area (Å²) < 4.78 is 5.52. The molecule has 2 unspecified atom stereocenters. The fraction of sp³-hybridized carbons (Fsp3) is 0.417. The highest BCUT2D eigenvalue weighted by Gasteiger charge is 2.35. The number of rotatable bonds is 5. The Bertz CT molecular complexity index is 1150. The second-order valence-corrected chi connectivity index (χ2v) is 9.30. The predicted molar refractivity (Wildman–Crippen MR) is 124 cm³/mol. The third-order valence-electron chi connectivity index (χ3n) is 6.57. The number of thiophene rings is 1. The number of esters is 1. The number of hydrogen-bond acceptors (Lipinski definition) is 7. The SMILES string of the molecule is CN(C(=O)COC(=O)C1CCCN1c1ncnc2sccc12)C1CCCc2ccccc21. The van der Waals surface area contributed by atoms with Crippen LogP contribution in [0.25, 0.3) is 10.2 Å². The smallest absolute Gasteiger partial charge is 0.329 e. The zero-order chi connectivity index (χ0) is 22.1. The molecule has 5 rings (SSSR count). The van der Waals surface area contributed by atoms with Gasteiger partial charge in [0.05, 0.1) is 11.4 Å². The number of aryl methyl sites for hydroxylation is 1. The largest absolute Gasteiger partial charge is 0.454 e. The maximum atomic E-state index is 12.9. The van der Waals surface area contributed by atoms with E-state index in [1.54, 1.807) is 23.3 Å². The van der Waals surface area contributed by atoms with E-state index >= 15 is 0 Å². The molecule has 32 heavy (non-hydrogen) atoms. The topological polar surface area (TPSA) is 75.6 Å². The zero-order valence-corrected chi connectivity index (χ0v) is 18.9. The number of hydrogen-bond donors (Lipinski definition) is 0. The molecule has 7 nitrogen and oxygen atoms in total. The first-order chi connectivity index (χ1) is 15.6. The minimum atomic E-state index is -0.429. The molecule has 1 amide bonds. The molecule has 2 aromatic heterocycles. The van der Waals surface area contributed by atoms with E-state index in [2.05, 4.69) is 22.1 Å². The summed E-state index contributed by atoms with van der Waals surface area (Å²) in [5, 5.41) is 2.92. The molecule has 0 spiro atoms. The fourth-order valence-corrected chi connectivity index (χ4v) is 5.63. The summed E-state index contributed by atoms with van der Waals surface area (Å²) in [7, 11) is 1.80. The van der Waals surface area contributed by atoms with E-state index < -0.39 is 6.04 Å². The van der Waals surface area contributed by atoms with Crippen LogP contribution in [-0.4, -0.2) is 53.0 Å². The second-order valence-electron chi connectivity index (χ2n) is 8.41. The van der Waals surface area contributed by atoms with Crippen molar-refractivity contribution in [2.75, 3.05) is 25.1 Å². The van der Waals surface area contributed by atoms with E-state index in [0.717, 1.165) is 48.3 Å². The van der Waals surface area contributed by atoms with Gasteiger partial charge in [-0.05, 0) is 54.7 Å². The molecule has 3 heterocycles. The van der Waals surface area contributed by atoms with Crippen molar-refractivity contribution in [2.24, 2.45) is 0 Å². The van der Waals surface area contributed by atoms with Crippen molar-refractivity contribution in [3.05, 3.63) is 53.2 Å². The Labute approximate surface area is 191 Å². The summed E-state index contributed by atoms with van der Waals surface area (Å²) in [5.74, 6) is 0.222. The van der Waals surface area contributed by atoms with Crippen molar-refractivity contribution in [2.45, 2.75) is 44.2 Å². The highest BCUT2D eigenvalue weighted by Crippen LogP contribution is 2.34. The third kappa shape index (κ3) is 3.83. The molecule has 1 aromatic carbocycles. The molecule has 1 saturated heterocycles. The van der Waals surface area contributed by atoms with Gasteiger partial charge in [-0.1, -0.05) is 24.3 Å². The summed E-state index contributed by atoms with van der Waals surface area (Å²) in [6, 6.07) is 9.87. The molecule has 166 valence electrons. The maximum Gasteiger partial charge on any atom is 0.329 e. The summed E-state index contributed by atoms with van der Waals surface area (Å²) >= 11 is 1.55. The van der Waals surface area contributed by atoms with Crippen molar-refractivity contribution >= 4 is 39.2 Å². The Morgan fingerprint density at radius 2 is 2.06 bits per heavy atom. The first kappa shape index (κ1) is 20.9. The van der Waals surface area contributed by atoms with Crippen LogP contribution < -0.4 is 4.90 Å². The summed E-state index contributed by atoms with van der Waals surface area (Å²) in [6.45, 7) is 0.490. The summed E-state index contributed by atoms with van der Waals surface area (Å²) in [4.78, 5) is 39.2. The highest BCUT2D eigenvalue weighted by molar-refractivity contribution is 7.16. The van der Waals surface area contributed by atoms with Crippen LogP contribution in [-0.2, 0) is 20.7 Å². The average molecular weight is 451 g/mol. The Morgan fingerprint density at radius 3 is 2.97 bits per heavy atom. The molecule has 1 fully saturated rings. The van der Waals surface area contributed by atoms with Crippen molar-refractivity contribution in [1.82, 2.24) is 14.9 Å². The molecule has 0 saturated carbocycles. The van der Waals surface area contributed by atoms with Crippen LogP contribution in [0.4, 0.5) is 5.82 Å². The first-order valence-corrected chi connectivity index (χ1v) is 12.0. The number of likely N-dealkylation sites (N-methyl/N-ethyl adjacent to an activating group) is 1.